The standard InChI is InChI=1S/C17H35N3O/c1-4-12-19-17(3,16(18)21)11-7-9-14-20-13-8-6-10-15(20)5-2/h15,19H,4-14H2,1-3H3,(H2,18,21). The number of piperidine rings is 1. The number of carbonyl (C=O) groups excluding carboxylic acids is 1. The first-order valence-electron chi connectivity index (χ1n) is 8.82. The molecule has 21 heavy (non-hydrogen) atoms. The van der Waals surface area contributed by atoms with E-state index < -0.39 is 5.54 Å². The van der Waals surface area contributed by atoms with E-state index in [4.69, 9.17) is 5.73 Å². The van der Waals surface area contributed by atoms with E-state index in [0.29, 0.717) is 0 Å². The van der Waals surface area contributed by atoms with Gasteiger partial charge in [0.2, 0.25) is 5.91 Å². The number of nitrogens with one attached hydrogen (secondary N) is 1. The minimum absolute atomic E-state index is 0.222. The fourth-order valence-electron chi connectivity index (χ4n) is 3.31. The van der Waals surface area contributed by atoms with E-state index in [1.807, 2.05) is 6.92 Å². The van der Waals surface area contributed by atoms with Gasteiger partial charge in [0.15, 0.2) is 0 Å². The highest BCUT2D eigenvalue weighted by atomic mass is 16.1. The van der Waals surface area contributed by atoms with Crippen LogP contribution in [0.1, 0.15) is 72.1 Å². The molecule has 1 aliphatic rings. The van der Waals surface area contributed by atoms with E-state index in [2.05, 4.69) is 24.1 Å². The number of carbonyl (C=O) groups is 1. The number of nitrogens with two attached hydrogens (primary N) is 1. The topological polar surface area (TPSA) is 58.4 Å². The van der Waals surface area contributed by atoms with Gasteiger partial charge in [0.05, 0.1) is 5.54 Å². The smallest absolute Gasteiger partial charge is 0.237 e. The molecule has 0 aliphatic carbocycles. The average Bonchev–Trinajstić information content (AvgIpc) is 2.49. The second kappa shape index (κ2) is 9.42. The molecule has 2 unspecified atom stereocenters. The van der Waals surface area contributed by atoms with Crippen LogP contribution in [0.3, 0.4) is 0 Å². The van der Waals surface area contributed by atoms with E-state index in [0.717, 1.165) is 38.3 Å². The van der Waals surface area contributed by atoms with Crippen molar-refractivity contribution in [2.24, 2.45) is 5.73 Å². The quantitative estimate of drug-likeness (QED) is 0.610. The van der Waals surface area contributed by atoms with Crippen molar-refractivity contribution in [1.29, 1.82) is 0 Å². The highest BCUT2D eigenvalue weighted by Gasteiger charge is 2.29. The maximum atomic E-state index is 11.7. The molecule has 0 saturated carbocycles. The number of amides is 1. The summed E-state index contributed by atoms with van der Waals surface area (Å²) in [4.78, 5) is 14.3. The zero-order valence-electron chi connectivity index (χ0n) is 14.3. The zero-order chi connectivity index (χ0) is 15.7. The number of hydrogen-bond acceptors (Lipinski definition) is 3. The largest absolute Gasteiger partial charge is 0.368 e. The van der Waals surface area contributed by atoms with Gasteiger partial charge >= 0.3 is 0 Å². The first-order chi connectivity index (χ1) is 10.0. The maximum Gasteiger partial charge on any atom is 0.237 e. The lowest BCUT2D eigenvalue weighted by Crippen LogP contribution is -2.53. The van der Waals surface area contributed by atoms with Gasteiger partial charge in [-0.05, 0) is 71.5 Å². The molecule has 1 rings (SSSR count). The Balaban J connectivity index is 2.31. The third kappa shape index (κ3) is 5.95. The number of hydrogen-bond donors (Lipinski definition) is 2. The zero-order valence-corrected chi connectivity index (χ0v) is 14.3. The average molecular weight is 297 g/mol. The van der Waals surface area contributed by atoms with Crippen molar-refractivity contribution in [2.45, 2.75) is 83.7 Å². The van der Waals surface area contributed by atoms with Crippen LogP contribution in [0.2, 0.25) is 0 Å². The maximum absolute atomic E-state index is 11.7. The summed E-state index contributed by atoms with van der Waals surface area (Å²) in [5, 5.41) is 3.32. The Labute approximate surface area is 130 Å². The molecule has 4 nitrogen and oxygen atoms in total. The molecular weight excluding hydrogens is 262 g/mol. The molecule has 1 fully saturated rings. The van der Waals surface area contributed by atoms with Crippen LogP contribution in [-0.4, -0.2) is 42.0 Å². The summed E-state index contributed by atoms with van der Waals surface area (Å²) in [7, 11) is 0. The highest BCUT2D eigenvalue weighted by Crippen LogP contribution is 2.21. The van der Waals surface area contributed by atoms with Crippen molar-refractivity contribution < 1.29 is 4.79 Å². The van der Waals surface area contributed by atoms with Crippen LogP contribution in [0.25, 0.3) is 0 Å². The fourth-order valence-corrected chi connectivity index (χ4v) is 3.31. The monoisotopic (exact) mass is 297 g/mol. The normalized spacial score (nSPS) is 22.9. The highest BCUT2D eigenvalue weighted by molar-refractivity contribution is 5.84. The summed E-state index contributed by atoms with van der Waals surface area (Å²) in [6.45, 7) is 9.61. The third-order valence-corrected chi connectivity index (χ3v) is 4.90. The van der Waals surface area contributed by atoms with Crippen molar-refractivity contribution >= 4 is 5.91 Å². The van der Waals surface area contributed by atoms with E-state index in [1.54, 1.807) is 0 Å². The molecule has 1 aliphatic heterocycles. The van der Waals surface area contributed by atoms with Gasteiger partial charge in [0.25, 0.3) is 0 Å². The van der Waals surface area contributed by atoms with Gasteiger partial charge in [-0.15, -0.1) is 0 Å². The van der Waals surface area contributed by atoms with Crippen LogP contribution in [0.4, 0.5) is 0 Å². The van der Waals surface area contributed by atoms with Crippen molar-refractivity contribution in [2.75, 3.05) is 19.6 Å². The Kier molecular flexibility index (Phi) is 8.27. The lowest BCUT2D eigenvalue weighted by Gasteiger charge is -2.35. The van der Waals surface area contributed by atoms with Crippen LogP contribution < -0.4 is 11.1 Å². The predicted octanol–water partition coefficient (Wildman–Crippen LogP) is 2.66. The number of likely N-dealkylation sites (tertiary alicyclic amines) is 1. The Morgan fingerprint density at radius 2 is 2.10 bits per heavy atom. The predicted molar refractivity (Wildman–Crippen MR) is 89.2 cm³/mol. The molecule has 1 heterocycles. The molecule has 1 saturated heterocycles. The van der Waals surface area contributed by atoms with Gasteiger partial charge in [-0.2, -0.15) is 0 Å². The van der Waals surface area contributed by atoms with Crippen LogP contribution in [0, 0.1) is 0 Å². The fraction of sp³-hybridized carbons (Fsp3) is 0.941. The summed E-state index contributed by atoms with van der Waals surface area (Å²) in [5.74, 6) is -0.222. The Morgan fingerprint density at radius 1 is 1.33 bits per heavy atom. The van der Waals surface area contributed by atoms with E-state index >= 15 is 0 Å². The molecule has 0 bridgehead atoms. The van der Waals surface area contributed by atoms with E-state index in [-0.39, 0.29) is 5.91 Å². The number of nitrogens with zero attached hydrogens (tertiary/aromatic N) is 1. The summed E-state index contributed by atoms with van der Waals surface area (Å²) < 4.78 is 0. The van der Waals surface area contributed by atoms with Crippen LogP contribution in [0.5, 0.6) is 0 Å². The molecule has 0 aromatic carbocycles. The second-order valence-electron chi connectivity index (χ2n) is 6.67. The van der Waals surface area contributed by atoms with Gasteiger partial charge in [-0.1, -0.05) is 20.3 Å². The minimum Gasteiger partial charge on any atom is -0.368 e. The van der Waals surface area contributed by atoms with Gasteiger partial charge in [-0.3, -0.25) is 4.79 Å². The van der Waals surface area contributed by atoms with E-state index in [1.165, 1.54) is 38.8 Å². The molecule has 4 heteroatoms. The molecule has 0 radical (unpaired) electrons. The van der Waals surface area contributed by atoms with Gasteiger partial charge in [-0.25, -0.2) is 0 Å². The Morgan fingerprint density at radius 3 is 2.71 bits per heavy atom. The van der Waals surface area contributed by atoms with Crippen LogP contribution in [-0.2, 0) is 4.79 Å². The molecule has 1 amide bonds. The van der Waals surface area contributed by atoms with Crippen molar-refractivity contribution in [3.05, 3.63) is 0 Å². The molecule has 2 atom stereocenters. The summed E-state index contributed by atoms with van der Waals surface area (Å²) in [6, 6.07) is 0.777. The van der Waals surface area contributed by atoms with Gasteiger partial charge in [0, 0.05) is 6.04 Å². The molecule has 0 aromatic heterocycles. The number of primary amides is 1. The Hall–Kier alpha value is -0.610. The molecule has 124 valence electrons. The molecule has 0 spiro atoms. The lowest BCUT2D eigenvalue weighted by molar-refractivity contribution is -0.124. The van der Waals surface area contributed by atoms with Crippen LogP contribution >= 0.6 is 0 Å². The van der Waals surface area contributed by atoms with Gasteiger partial charge in [0.1, 0.15) is 0 Å². The van der Waals surface area contributed by atoms with Crippen molar-refractivity contribution in [1.82, 2.24) is 10.2 Å². The van der Waals surface area contributed by atoms with Crippen molar-refractivity contribution in [3.63, 3.8) is 0 Å². The third-order valence-electron chi connectivity index (χ3n) is 4.90. The minimum atomic E-state index is -0.540. The summed E-state index contributed by atoms with van der Waals surface area (Å²) in [6.07, 6.45) is 9.42. The number of unbranched alkanes of at least 4 members (excludes halogenated alkanes) is 1. The molecule has 0 aromatic rings. The summed E-state index contributed by atoms with van der Waals surface area (Å²) in [5.41, 5.74) is 5.03. The number of rotatable bonds is 10. The first-order valence-corrected chi connectivity index (χ1v) is 8.82. The molecular formula is C17H35N3O. The molecule has 3 N–H and O–H groups in total. The second-order valence-corrected chi connectivity index (χ2v) is 6.67. The van der Waals surface area contributed by atoms with E-state index in [9.17, 15) is 4.79 Å². The first kappa shape index (κ1) is 18.4. The lowest BCUT2D eigenvalue weighted by atomic mass is 9.93. The van der Waals surface area contributed by atoms with Crippen molar-refractivity contribution in [3.8, 4) is 0 Å². The Bertz CT molecular complexity index is 308. The summed E-state index contributed by atoms with van der Waals surface area (Å²) >= 11 is 0. The van der Waals surface area contributed by atoms with Gasteiger partial charge < -0.3 is 16.0 Å². The van der Waals surface area contributed by atoms with Crippen LogP contribution in [0.15, 0.2) is 0 Å². The SMILES string of the molecule is CCCNC(C)(CCCCN1CCCCC1CC)C(N)=O.